The summed E-state index contributed by atoms with van der Waals surface area (Å²) >= 11 is 0. The highest BCUT2D eigenvalue weighted by atomic mass is 16.7. The van der Waals surface area contributed by atoms with Crippen molar-refractivity contribution in [1.82, 2.24) is 10.9 Å². The van der Waals surface area contributed by atoms with Crippen LogP contribution in [0.1, 0.15) is 19.3 Å². The van der Waals surface area contributed by atoms with Crippen LogP contribution in [0.15, 0.2) is 18.2 Å². The number of carbonyl (C=O) groups excluding carboxylic acids is 1. The van der Waals surface area contributed by atoms with Gasteiger partial charge in [-0.1, -0.05) is 0 Å². The van der Waals surface area contributed by atoms with Crippen LogP contribution in [0.5, 0.6) is 11.5 Å². The van der Waals surface area contributed by atoms with Crippen LogP contribution >= 0.6 is 0 Å². The molecule has 3 N–H and O–H groups in total. The molecule has 6 nitrogen and oxygen atoms in total. The van der Waals surface area contributed by atoms with E-state index in [1.165, 1.54) is 12.8 Å². The number of ether oxygens (including phenoxy) is 2. The zero-order valence-corrected chi connectivity index (χ0v) is 11.0. The van der Waals surface area contributed by atoms with Crippen LogP contribution in [-0.2, 0) is 4.79 Å². The fraction of sp³-hybridized carbons (Fsp3) is 0.500. The minimum absolute atomic E-state index is 0.0143. The Kier molecular flexibility index (Phi) is 2.78. The molecule has 0 spiro atoms. The standard InChI is InChI=1S/C14H17N3O3/c18-14(11-6-10(16-17-11)8-1-2-8)15-9-3-4-12-13(5-9)20-7-19-12/h3-5,8,10-11,16-17H,1-2,6-7H2,(H,15,18). The van der Waals surface area contributed by atoms with Crippen molar-refractivity contribution in [3.63, 3.8) is 0 Å². The maximum Gasteiger partial charge on any atom is 0.242 e. The Morgan fingerprint density at radius 3 is 2.90 bits per heavy atom. The maximum absolute atomic E-state index is 12.2. The van der Waals surface area contributed by atoms with Gasteiger partial charge in [-0.25, -0.2) is 5.43 Å². The van der Waals surface area contributed by atoms with Crippen molar-refractivity contribution in [2.24, 2.45) is 5.92 Å². The van der Waals surface area contributed by atoms with Crippen molar-refractivity contribution in [3.8, 4) is 11.5 Å². The van der Waals surface area contributed by atoms with E-state index in [1.807, 2.05) is 12.1 Å². The predicted molar refractivity (Wildman–Crippen MR) is 72.4 cm³/mol. The summed E-state index contributed by atoms with van der Waals surface area (Å²) in [6.45, 7) is 0.240. The fourth-order valence-corrected chi connectivity index (χ4v) is 2.76. The van der Waals surface area contributed by atoms with Gasteiger partial charge in [-0.15, -0.1) is 0 Å². The lowest BCUT2D eigenvalue weighted by atomic mass is 10.1. The summed E-state index contributed by atoms with van der Waals surface area (Å²) in [5, 5.41) is 2.92. The molecule has 2 fully saturated rings. The van der Waals surface area contributed by atoms with Crippen LogP contribution in [0, 0.1) is 5.92 Å². The molecular weight excluding hydrogens is 258 g/mol. The van der Waals surface area contributed by atoms with Gasteiger partial charge in [0.15, 0.2) is 11.5 Å². The maximum atomic E-state index is 12.2. The van der Waals surface area contributed by atoms with E-state index in [1.54, 1.807) is 6.07 Å². The molecule has 1 saturated heterocycles. The molecule has 3 aliphatic rings. The van der Waals surface area contributed by atoms with Gasteiger partial charge in [0.25, 0.3) is 0 Å². The topological polar surface area (TPSA) is 71.6 Å². The molecule has 1 aromatic rings. The van der Waals surface area contributed by atoms with E-state index >= 15 is 0 Å². The number of anilines is 1. The number of hydrogen-bond acceptors (Lipinski definition) is 5. The molecular formula is C14H17N3O3. The van der Waals surface area contributed by atoms with Gasteiger partial charge < -0.3 is 14.8 Å². The summed E-state index contributed by atoms with van der Waals surface area (Å²) in [6, 6.07) is 5.69. The van der Waals surface area contributed by atoms with Gasteiger partial charge in [0, 0.05) is 17.8 Å². The second kappa shape index (κ2) is 4.64. The molecule has 106 valence electrons. The van der Waals surface area contributed by atoms with E-state index in [2.05, 4.69) is 16.2 Å². The quantitative estimate of drug-likeness (QED) is 0.767. The van der Waals surface area contributed by atoms with Crippen molar-refractivity contribution in [1.29, 1.82) is 0 Å². The summed E-state index contributed by atoms with van der Waals surface area (Å²) in [6.07, 6.45) is 3.40. The van der Waals surface area contributed by atoms with Gasteiger partial charge in [0.1, 0.15) is 6.04 Å². The highest BCUT2D eigenvalue weighted by Gasteiger charge is 2.38. The summed E-state index contributed by atoms with van der Waals surface area (Å²) in [5.41, 5.74) is 7.04. The summed E-state index contributed by atoms with van der Waals surface area (Å²) < 4.78 is 10.5. The molecule has 1 aliphatic carbocycles. The molecule has 1 amide bonds. The predicted octanol–water partition coefficient (Wildman–Crippen LogP) is 0.999. The van der Waals surface area contributed by atoms with Crippen LogP contribution in [0.4, 0.5) is 5.69 Å². The molecule has 0 bridgehead atoms. The van der Waals surface area contributed by atoms with Gasteiger partial charge in [-0.05, 0) is 37.3 Å². The first-order valence-corrected chi connectivity index (χ1v) is 7.01. The number of fused-ring (bicyclic) bond motifs is 1. The largest absolute Gasteiger partial charge is 0.454 e. The van der Waals surface area contributed by atoms with Gasteiger partial charge in [0.2, 0.25) is 12.7 Å². The molecule has 2 aliphatic heterocycles. The Morgan fingerprint density at radius 2 is 2.05 bits per heavy atom. The van der Waals surface area contributed by atoms with Gasteiger partial charge in [-0.3, -0.25) is 10.2 Å². The van der Waals surface area contributed by atoms with Crippen molar-refractivity contribution in [2.75, 3.05) is 12.1 Å². The van der Waals surface area contributed by atoms with E-state index in [0.29, 0.717) is 11.8 Å². The van der Waals surface area contributed by atoms with Crippen molar-refractivity contribution >= 4 is 11.6 Å². The van der Waals surface area contributed by atoms with Crippen LogP contribution in [0.2, 0.25) is 0 Å². The molecule has 0 radical (unpaired) electrons. The average molecular weight is 275 g/mol. The van der Waals surface area contributed by atoms with Gasteiger partial charge >= 0.3 is 0 Å². The van der Waals surface area contributed by atoms with Gasteiger partial charge in [0.05, 0.1) is 0 Å². The van der Waals surface area contributed by atoms with Crippen LogP contribution in [-0.4, -0.2) is 24.8 Å². The Morgan fingerprint density at radius 1 is 1.20 bits per heavy atom. The third-order valence-corrected chi connectivity index (χ3v) is 4.08. The van der Waals surface area contributed by atoms with E-state index in [4.69, 9.17) is 9.47 Å². The van der Waals surface area contributed by atoms with Crippen LogP contribution in [0.25, 0.3) is 0 Å². The second-order valence-electron chi connectivity index (χ2n) is 5.58. The summed E-state index contributed by atoms with van der Waals surface area (Å²) in [7, 11) is 0. The van der Waals surface area contributed by atoms with E-state index in [-0.39, 0.29) is 18.7 Å². The number of rotatable bonds is 3. The van der Waals surface area contributed by atoms with E-state index in [9.17, 15) is 4.79 Å². The fourth-order valence-electron chi connectivity index (χ4n) is 2.76. The van der Waals surface area contributed by atoms with Gasteiger partial charge in [-0.2, -0.15) is 0 Å². The minimum atomic E-state index is -0.175. The lowest BCUT2D eigenvalue weighted by molar-refractivity contribution is -0.117. The zero-order chi connectivity index (χ0) is 13.5. The molecule has 2 unspecified atom stereocenters. The molecule has 2 heterocycles. The smallest absolute Gasteiger partial charge is 0.242 e. The number of benzene rings is 1. The minimum Gasteiger partial charge on any atom is -0.454 e. The first-order valence-electron chi connectivity index (χ1n) is 7.01. The Hall–Kier alpha value is -1.79. The summed E-state index contributed by atoms with van der Waals surface area (Å²) in [5.74, 6) is 2.12. The zero-order valence-electron chi connectivity index (χ0n) is 11.0. The SMILES string of the molecule is O=C(Nc1ccc2c(c1)OCO2)C1CC(C2CC2)NN1. The molecule has 0 aromatic heterocycles. The van der Waals surface area contributed by atoms with Crippen molar-refractivity contribution < 1.29 is 14.3 Å². The van der Waals surface area contributed by atoms with Crippen molar-refractivity contribution in [3.05, 3.63) is 18.2 Å². The number of nitrogens with one attached hydrogen (secondary N) is 3. The summed E-state index contributed by atoms with van der Waals surface area (Å²) in [4.78, 5) is 12.2. The monoisotopic (exact) mass is 275 g/mol. The lowest BCUT2D eigenvalue weighted by Gasteiger charge is -2.11. The normalized spacial score (nSPS) is 27.6. The Balaban J connectivity index is 1.40. The molecule has 20 heavy (non-hydrogen) atoms. The number of hydrogen-bond donors (Lipinski definition) is 3. The van der Waals surface area contributed by atoms with E-state index in [0.717, 1.165) is 23.8 Å². The average Bonchev–Trinajstić information content (AvgIpc) is 3.01. The lowest BCUT2D eigenvalue weighted by Crippen LogP contribution is -2.40. The first kappa shape index (κ1) is 12.0. The van der Waals surface area contributed by atoms with Crippen molar-refractivity contribution in [2.45, 2.75) is 31.3 Å². The van der Waals surface area contributed by atoms with Crippen LogP contribution < -0.4 is 25.6 Å². The second-order valence-corrected chi connectivity index (χ2v) is 5.58. The first-order chi connectivity index (χ1) is 9.79. The number of amides is 1. The molecule has 1 saturated carbocycles. The number of carbonyl (C=O) groups is 1. The Labute approximate surface area is 116 Å². The molecule has 1 aromatic carbocycles. The van der Waals surface area contributed by atoms with Crippen LogP contribution in [0.3, 0.4) is 0 Å². The third-order valence-electron chi connectivity index (χ3n) is 4.08. The van der Waals surface area contributed by atoms with E-state index < -0.39 is 0 Å². The molecule has 6 heteroatoms. The highest BCUT2D eigenvalue weighted by molar-refractivity contribution is 5.95. The highest BCUT2D eigenvalue weighted by Crippen LogP contribution is 2.36. The third kappa shape index (κ3) is 2.21. The Bertz CT molecular complexity index is 544. The number of hydrazine groups is 1. The molecule has 4 rings (SSSR count). The molecule has 2 atom stereocenters.